The molecule has 0 unspecified atom stereocenters. The highest BCUT2D eigenvalue weighted by molar-refractivity contribution is 6.04. The molecule has 2 aromatic rings. The highest BCUT2D eigenvalue weighted by Crippen LogP contribution is 2.27. The van der Waals surface area contributed by atoms with Crippen LogP contribution in [0.25, 0.3) is 0 Å². The first-order chi connectivity index (χ1) is 11.3. The number of carbonyl (C=O) groups excluding carboxylic acids is 1. The van der Waals surface area contributed by atoms with E-state index in [0.29, 0.717) is 23.7 Å². The number of nitrogens with one attached hydrogen (secondary N) is 1. The summed E-state index contributed by atoms with van der Waals surface area (Å²) in [7, 11) is 0. The van der Waals surface area contributed by atoms with E-state index in [4.69, 9.17) is 9.84 Å². The second-order valence-corrected chi connectivity index (χ2v) is 5.62. The minimum Gasteiger partial charge on any atom is -0.489 e. The lowest BCUT2D eigenvalue weighted by Crippen LogP contribution is -2.19. The topological polar surface area (TPSA) is 93.5 Å². The lowest BCUT2D eigenvalue weighted by molar-refractivity contribution is 0.0696. The summed E-state index contributed by atoms with van der Waals surface area (Å²) >= 11 is 0. The Bertz CT molecular complexity index is 765. The van der Waals surface area contributed by atoms with Gasteiger partial charge in [0, 0.05) is 6.54 Å². The van der Waals surface area contributed by atoms with Crippen LogP contribution < -0.4 is 10.1 Å². The second-order valence-electron chi connectivity index (χ2n) is 5.62. The Hall–Kier alpha value is -2.83. The van der Waals surface area contributed by atoms with Gasteiger partial charge in [-0.25, -0.2) is 4.79 Å². The SMILES string of the molecule is CCn1nc(C)cc1C(=O)Nc1cc(C(=O)O)ccc1OC(C)C. The fourth-order valence-corrected chi connectivity index (χ4v) is 2.27. The fourth-order valence-electron chi connectivity index (χ4n) is 2.27. The molecule has 128 valence electrons. The summed E-state index contributed by atoms with van der Waals surface area (Å²) in [6, 6.07) is 6.05. The Morgan fingerprint density at radius 2 is 2.04 bits per heavy atom. The Morgan fingerprint density at radius 3 is 2.62 bits per heavy atom. The van der Waals surface area contributed by atoms with Crippen molar-refractivity contribution in [3.8, 4) is 5.75 Å². The third-order valence-electron chi connectivity index (χ3n) is 3.27. The van der Waals surface area contributed by atoms with Crippen LogP contribution >= 0.6 is 0 Å². The molecule has 0 aliphatic carbocycles. The van der Waals surface area contributed by atoms with Crippen LogP contribution in [-0.4, -0.2) is 32.9 Å². The van der Waals surface area contributed by atoms with E-state index in [1.807, 2.05) is 20.8 Å². The first-order valence-corrected chi connectivity index (χ1v) is 7.71. The summed E-state index contributed by atoms with van der Waals surface area (Å²) in [5.74, 6) is -1.02. The van der Waals surface area contributed by atoms with Crippen molar-refractivity contribution in [2.24, 2.45) is 0 Å². The first kappa shape index (κ1) is 17.5. The van der Waals surface area contributed by atoms with Crippen LogP contribution in [0.3, 0.4) is 0 Å². The van der Waals surface area contributed by atoms with Crippen molar-refractivity contribution in [2.75, 3.05) is 5.32 Å². The number of carboxylic acids is 1. The predicted octanol–water partition coefficient (Wildman–Crippen LogP) is 2.95. The number of aryl methyl sites for hydroxylation is 2. The molecular formula is C17H21N3O4. The van der Waals surface area contributed by atoms with E-state index in [1.165, 1.54) is 12.1 Å². The van der Waals surface area contributed by atoms with E-state index in [-0.39, 0.29) is 17.6 Å². The van der Waals surface area contributed by atoms with Crippen LogP contribution in [0.1, 0.15) is 47.3 Å². The monoisotopic (exact) mass is 331 g/mol. The Morgan fingerprint density at radius 1 is 1.33 bits per heavy atom. The van der Waals surface area contributed by atoms with Crippen molar-refractivity contribution in [3.05, 3.63) is 41.2 Å². The molecule has 0 saturated carbocycles. The minimum absolute atomic E-state index is 0.0709. The number of ether oxygens (including phenoxy) is 1. The van der Waals surface area contributed by atoms with Gasteiger partial charge >= 0.3 is 5.97 Å². The highest BCUT2D eigenvalue weighted by Gasteiger charge is 2.17. The molecule has 0 bridgehead atoms. The zero-order valence-electron chi connectivity index (χ0n) is 14.2. The van der Waals surface area contributed by atoms with Crippen LogP contribution in [0.2, 0.25) is 0 Å². The largest absolute Gasteiger partial charge is 0.489 e. The number of anilines is 1. The van der Waals surface area contributed by atoms with Crippen molar-refractivity contribution in [2.45, 2.75) is 40.3 Å². The number of benzene rings is 1. The Labute approximate surface area is 140 Å². The van der Waals surface area contributed by atoms with Gasteiger partial charge in [0.05, 0.1) is 23.0 Å². The summed E-state index contributed by atoms with van der Waals surface area (Å²) < 4.78 is 7.24. The molecule has 0 spiro atoms. The molecule has 1 heterocycles. The first-order valence-electron chi connectivity index (χ1n) is 7.71. The lowest BCUT2D eigenvalue weighted by Gasteiger charge is -2.15. The minimum atomic E-state index is -1.07. The number of carbonyl (C=O) groups is 2. The zero-order chi connectivity index (χ0) is 17.9. The van der Waals surface area contributed by atoms with E-state index in [9.17, 15) is 9.59 Å². The predicted molar refractivity (Wildman–Crippen MR) is 89.8 cm³/mol. The van der Waals surface area contributed by atoms with E-state index < -0.39 is 5.97 Å². The maximum Gasteiger partial charge on any atom is 0.335 e. The smallest absolute Gasteiger partial charge is 0.335 e. The van der Waals surface area contributed by atoms with E-state index >= 15 is 0 Å². The number of nitrogens with zero attached hydrogens (tertiary/aromatic N) is 2. The van der Waals surface area contributed by atoms with Crippen molar-refractivity contribution in [1.29, 1.82) is 0 Å². The second kappa shape index (κ2) is 7.16. The molecular weight excluding hydrogens is 310 g/mol. The van der Waals surface area contributed by atoms with Gasteiger partial charge in [-0.2, -0.15) is 5.10 Å². The van der Waals surface area contributed by atoms with Crippen molar-refractivity contribution >= 4 is 17.6 Å². The maximum absolute atomic E-state index is 12.6. The average Bonchev–Trinajstić information content (AvgIpc) is 2.89. The molecule has 1 amide bonds. The molecule has 0 aliphatic rings. The van der Waals surface area contributed by atoms with Gasteiger partial charge in [0.15, 0.2) is 0 Å². The molecule has 7 nitrogen and oxygen atoms in total. The normalized spacial score (nSPS) is 10.7. The molecule has 0 atom stereocenters. The molecule has 24 heavy (non-hydrogen) atoms. The van der Waals surface area contributed by atoms with Crippen molar-refractivity contribution in [1.82, 2.24) is 9.78 Å². The van der Waals surface area contributed by atoms with Crippen LogP contribution in [-0.2, 0) is 6.54 Å². The number of carboxylic acid groups (broad SMARTS) is 1. The molecule has 2 N–H and O–H groups in total. The standard InChI is InChI=1S/C17H21N3O4/c1-5-20-14(8-11(4)19-20)16(21)18-13-9-12(17(22)23)6-7-15(13)24-10(2)3/h6-10H,5H2,1-4H3,(H,18,21)(H,22,23). The zero-order valence-corrected chi connectivity index (χ0v) is 14.2. The van der Waals surface area contributed by atoms with E-state index in [0.717, 1.165) is 5.69 Å². The highest BCUT2D eigenvalue weighted by atomic mass is 16.5. The van der Waals surface area contributed by atoms with E-state index in [1.54, 1.807) is 23.7 Å². The quantitative estimate of drug-likeness (QED) is 0.849. The summed E-state index contributed by atoms with van der Waals surface area (Å²) in [6.07, 6.45) is -0.111. The van der Waals surface area contributed by atoms with Gasteiger partial charge in [0.25, 0.3) is 5.91 Å². The molecule has 0 aliphatic heterocycles. The molecule has 2 rings (SSSR count). The van der Waals surface area contributed by atoms with Crippen LogP contribution in [0, 0.1) is 6.92 Å². The van der Waals surface area contributed by atoms with Crippen LogP contribution in [0.4, 0.5) is 5.69 Å². The molecule has 0 radical (unpaired) electrons. The van der Waals surface area contributed by atoms with Gasteiger partial charge < -0.3 is 15.2 Å². The average molecular weight is 331 g/mol. The molecule has 0 saturated heterocycles. The third-order valence-corrected chi connectivity index (χ3v) is 3.27. The number of rotatable bonds is 6. The number of aromatic carboxylic acids is 1. The fraction of sp³-hybridized carbons (Fsp3) is 0.353. The number of hydrogen-bond donors (Lipinski definition) is 2. The van der Waals surface area contributed by atoms with Gasteiger partial charge in [-0.05, 0) is 52.0 Å². The summed E-state index contributed by atoms with van der Waals surface area (Å²) in [6.45, 7) is 7.96. The van der Waals surface area contributed by atoms with Crippen LogP contribution in [0.15, 0.2) is 24.3 Å². The van der Waals surface area contributed by atoms with Gasteiger partial charge in [0.1, 0.15) is 11.4 Å². The maximum atomic E-state index is 12.6. The molecule has 1 aromatic heterocycles. The van der Waals surface area contributed by atoms with Crippen LogP contribution in [0.5, 0.6) is 5.75 Å². The Balaban J connectivity index is 2.36. The van der Waals surface area contributed by atoms with Gasteiger partial charge in [-0.1, -0.05) is 0 Å². The molecule has 0 fully saturated rings. The van der Waals surface area contributed by atoms with Gasteiger partial charge in [-0.3, -0.25) is 9.48 Å². The number of aromatic nitrogens is 2. The third kappa shape index (κ3) is 3.92. The summed E-state index contributed by atoms with van der Waals surface area (Å²) in [5, 5.41) is 16.1. The Kier molecular flexibility index (Phi) is 5.23. The van der Waals surface area contributed by atoms with Gasteiger partial charge in [0.2, 0.25) is 0 Å². The molecule has 1 aromatic carbocycles. The van der Waals surface area contributed by atoms with Gasteiger partial charge in [-0.15, -0.1) is 0 Å². The summed E-state index contributed by atoms with van der Waals surface area (Å²) in [5.41, 5.74) is 1.53. The van der Waals surface area contributed by atoms with Crippen molar-refractivity contribution in [3.63, 3.8) is 0 Å². The number of hydrogen-bond acceptors (Lipinski definition) is 4. The lowest BCUT2D eigenvalue weighted by atomic mass is 10.1. The number of amides is 1. The van der Waals surface area contributed by atoms with Crippen molar-refractivity contribution < 1.29 is 19.4 Å². The summed E-state index contributed by atoms with van der Waals surface area (Å²) in [4.78, 5) is 23.7. The van der Waals surface area contributed by atoms with E-state index in [2.05, 4.69) is 10.4 Å². The molecule has 7 heteroatoms.